The third-order valence-corrected chi connectivity index (χ3v) is 3.26. The summed E-state index contributed by atoms with van der Waals surface area (Å²) < 4.78 is 5.48. The number of imidazole rings is 1. The Bertz CT molecular complexity index is 694. The van der Waals surface area contributed by atoms with Gasteiger partial charge in [-0.15, -0.1) is 0 Å². The van der Waals surface area contributed by atoms with Crippen molar-refractivity contribution in [2.24, 2.45) is 0 Å². The first kappa shape index (κ1) is 12.7. The molecule has 1 unspecified atom stereocenters. The van der Waals surface area contributed by atoms with Crippen molar-refractivity contribution in [3.05, 3.63) is 47.9 Å². The van der Waals surface area contributed by atoms with Crippen molar-refractivity contribution in [3.8, 4) is 0 Å². The first-order valence-electron chi connectivity index (χ1n) is 6.52. The Morgan fingerprint density at radius 1 is 1.30 bits per heavy atom. The van der Waals surface area contributed by atoms with E-state index in [0.717, 1.165) is 16.8 Å². The number of para-hydroxylation sites is 2. The van der Waals surface area contributed by atoms with Crippen LogP contribution < -0.4 is 5.32 Å². The van der Waals surface area contributed by atoms with Crippen molar-refractivity contribution in [3.63, 3.8) is 0 Å². The minimum absolute atomic E-state index is 0.305. The third kappa shape index (κ3) is 2.40. The molecule has 0 saturated heterocycles. The number of aromatic nitrogens is 2. The zero-order chi connectivity index (χ0) is 14.2. The van der Waals surface area contributed by atoms with E-state index in [2.05, 4.69) is 15.3 Å². The molecule has 0 spiro atoms. The van der Waals surface area contributed by atoms with E-state index in [-0.39, 0.29) is 0 Å². The second kappa shape index (κ2) is 4.68. The molecule has 1 aromatic carbocycles. The SMILES string of the molecule is Cc1ccc(C(C)(O)CNc2nc3ccccc3[nH]2)o1. The van der Waals surface area contributed by atoms with E-state index in [1.807, 2.05) is 37.3 Å². The van der Waals surface area contributed by atoms with Crippen LogP contribution in [0.5, 0.6) is 0 Å². The van der Waals surface area contributed by atoms with Gasteiger partial charge in [0.15, 0.2) is 0 Å². The van der Waals surface area contributed by atoms with E-state index in [0.29, 0.717) is 18.3 Å². The molecule has 104 valence electrons. The Labute approximate surface area is 116 Å². The Kier molecular flexibility index (Phi) is 2.99. The van der Waals surface area contributed by atoms with E-state index in [4.69, 9.17) is 4.42 Å². The molecule has 0 amide bonds. The number of furan rings is 1. The normalized spacial score (nSPS) is 14.3. The highest BCUT2D eigenvalue weighted by Gasteiger charge is 2.26. The first-order chi connectivity index (χ1) is 9.54. The van der Waals surface area contributed by atoms with Crippen LogP contribution in [0.15, 0.2) is 40.8 Å². The van der Waals surface area contributed by atoms with Gasteiger partial charge in [-0.25, -0.2) is 4.98 Å². The Hall–Kier alpha value is -2.27. The fourth-order valence-corrected chi connectivity index (χ4v) is 2.10. The van der Waals surface area contributed by atoms with E-state index in [1.54, 1.807) is 13.0 Å². The van der Waals surface area contributed by atoms with Crippen LogP contribution in [-0.2, 0) is 5.60 Å². The smallest absolute Gasteiger partial charge is 0.201 e. The number of aliphatic hydroxyl groups is 1. The average molecular weight is 271 g/mol. The van der Waals surface area contributed by atoms with Crippen molar-refractivity contribution < 1.29 is 9.52 Å². The first-order valence-corrected chi connectivity index (χ1v) is 6.52. The van der Waals surface area contributed by atoms with Crippen LogP contribution in [0.25, 0.3) is 11.0 Å². The number of hydrogen-bond donors (Lipinski definition) is 3. The molecule has 0 aliphatic heterocycles. The Balaban J connectivity index is 1.75. The van der Waals surface area contributed by atoms with Crippen LogP contribution in [0.4, 0.5) is 5.95 Å². The summed E-state index contributed by atoms with van der Waals surface area (Å²) in [6.07, 6.45) is 0. The second-order valence-electron chi connectivity index (χ2n) is 5.14. The summed E-state index contributed by atoms with van der Waals surface area (Å²) >= 11 is 0. The molecule has 0 aliphatic rings. The number of aromatic amines is 1. The molecule has 0 fully saturated rings. The van der Waals surface area contributed by atoms with Gasteiger partial charge in [-0.1, -0.05) is 12.1 Å². The van der Waals surface area contributed by atoms with Crippen molar-refractivity contribution in [2.45, 2.75) is 19.4 Å². The number of H-pyrrole nitrogens is 1. The number of rotatable bonds is 4. The zero-order valence-electron chi connectivity index (χ0n) is 11.5. The Morgan fingerprint density at radius 3 is 2.80 bits per heavy atom. The molecule has 2 heterocycles. The maximum Gasteiger partial charge on any atom is 0.201 e. The number of benzene rings is 1. The molecule has 2 aromatic heterocycles. The lowest BCUT2D eigenvalue weighted by Crippen LogP contribution is -2.30. The molecular weight excluding hydrogens is 254 g/mol. The molecule has 3 rings (SSSR count). The lowest BCUT2D eigenvalue weighted by molar-refractivity contribution is 0.0467. The lowest BCUT2D eigenvalue weighted by atomic mass is 10.0. The molecule has 5 heteroatoms. The molecule has 20 heavy (non-hydrogen) atoms. The van der Waals surface area contributed by atoms with Gasteiger partial charge >= 0.3 is 0 Å². The summed E-state index contributed by atoms with van der Waals surface area (Å²) in [7, 11) is 0. The number of hydrogen-bond acceptors (Lipinski definition) is 4. The van der Waals surface area contributed by atoms with Gasteiger partial charge in [0.1, 0.15) is 17.1 Å². The van der Waals surface area contributed by atoms with Crippen LogP contribution in [0, 0.1) is 6.92 Å². The number of aryl methyl sites for hydroxylation is 1. The summed E-state index contributed by atoms with van der Waals surface area (Å²) in [5.74, 6) is 1.96. The van der Waals surface area contributed by atoms with Gasteiger partial charge in [-0.2, -0.15) is 0 Å². The molecule has 0 saturated carbocycles. The van der Waals surface area contributed by atoms with E-state index < -0.39 is 5.60 Å². The molecule has 0 bridgehead atoms. The fourth-order valence-electron chi connectivity index (χ4n) is 2.10. The van der Waals surface area contributed by atoms with Crippen LogP contribution in [0.1, 0.15) is 18.4 Å². The van der Waals surface area contributed by atoms with Gasteiger partial charge in [0, 0.05) is 0 Å². The molecule has 3 aromatic rings. The minimum atomic E-state index is -1.09. The van der Waals surface area contributed by atoms with E-state index in [1.165, 1.54) is 0 Å². The third-order valence-electron chi connectivity index (χ3n) is 3.26. The fraction of sp³-hybridized carbons (Fsp3) is 0.267. The van der Waals surface area contributed by atoms with Crippen LogP contribution >= 0.6 is 0 Å². The van der Waals surface area contributed by atoms with Gasteiger partial charge in [0.2, 0.25) is 5.95 Å². The summed E-state index contributed by atoms with van der Waals surface area (Å²) in [4.78, 5) is 7.57. The molecule has 3 N–H and O–H groups in total. The van der Waals surface area contributed by atoms with E-state index >= 15 is 0 Å². The van der Waals surface area contributed by atoms with Crippen molar-refractivity contribution in [1.82, 2.24) is 9.97 Å². The van der Waals surface area contributed by atoms with Crippen molar-refractivity contribution >= 4 is 17.0 Å². The summed E-state index contributed by atoms with van der Waals surface area (Å²) in [6, 6.07) is 11.4. The molecule has 1 atom stereocenters. The molecular formula is C15H17N3O2. The quantitative estimate of drug-likeness (QED) is 0.682. The highest BCUT2D eigenvalue weighted by molar-refractivity contribution is 5.77. The molecule has 5 nitrogen and oxygen atoms in total. The standard InChI is InChI=1S/C15H17N3O2/c1-10-7-8-13(20-10)15(2,19)9-16-14-17-11-5-3-4-6-12(11)18-14/h3-8,19H,9H2,1-2H3,(H2,16,17,18). The number of nitrogens with zero attached hydrogens (tertiary/aromatic N) is 1. The minimum Gasteiger partial charge on any atom is -0.463 e. The van der Waals surface area contributed by atoms with Gasteiger partial charge < -0.3 is 19.8 Å². The zero-order valence-corrected chi connectivity index (χ0v) is 11.5. The van der Waals surface area contributed by atoms with Gasteiger partial charge in [0.05, 0.1) is 17.6 Å². The van der Waals surface area contributed by atoms with Gasteiger partial charge in [-0.05, 0) is 38.1 Å². The monoisotopic (exact) mass is 271 g/mol. The molecule has 0 aliphatic carbocycles. The number of anilines is 1. The van der Waals surface area contributed by atoms with Crippen molar-refractivity contribution in [2.75, 3.05) is 11.9 Å². The van der Waals surface area contributed by atoms with Crippen LogP contribution in [-0.4, -0.2) is 21.6 Å². The van der Waals surface area contributed by atoms with Crippen LogP contribution in [0.3, 0.4) is 0 Å². The number of fused-ring (bicyclic) bond motifs is 1. The topological polar surface area (TPSA) is 74.1 Å². The average Bonchev–Trinajstić information content (AvgIpc) is 3.02. The van der Waals surface area contributed by atoms with Crippen LogP contribution in [0.2, 0.25) is 0 Å². The predicted molar refractivity (Wildman–Crippen MR) is 77.6 cm³/mol. The summed E-state index contributed by atoms with van der Waals surface area (Å²) in [5, 5.41) is 13.5. The highest BCUT2D eigenvalue weighted by atomic mass is 16.4. The largest absolute Gasteiger partial charge is 0.463 e. The summed E-state index contributed by atoms with van der Waals surface area (Å²) in [6.45, 7) is 3.87. The van der Waals surface area contributed by atoms with Gasteiger partial charge in [0.25, 0.3) is 0 Å². The maximum absolute atomic E-state index is 10.4. The lowest BCUT2D eigenvalue weighted by Gasteiger charge is -2.20. The second-order valence-corrected chi connectivity index (χ2v) is 5.14. The number of nitrogens with one attached hydrogen (secondary N) is 2. The van der Waals surface area contributed by atoms with Gasteiger partial charge in [-0.3, -0.25) is 0 Å². The molecule has 0 radical (unpaired) electrons. The maximum atomic E-state index is 10.4. The Morgan fingerprint density at radius 2 is 2.10 bits per heavy atom. The summed E-state index contributed by atoms with van der Waals surface area (Å²) in [5.41, 5.74) is 0.764. The highest BCUT2D eigenvalue weighted by Crippen LogP contribution is 2.23. The van der Waals surface area contributed by atoms with Crippen molar-refractivity contribution in [1.29, 1.82) is 0 Å². The predicted octanol–water partition coefficient (Wildman–Crippen LogP) is 2.78. The van der Waals surface area contributed by atoms with E-state index in [9.17, 15) is 5.11 Å².